The molecule has 0 aliphatic carbocycles. The predicted molar refractivity (Wildman–Crippen MR) is 134 cm³/mol. The molecule has 2 heterocycles. The van der Waals surface area contributed by atoms with E-state index >= 15 is 0 Å². The number of hydrogen-bond acceptors (Lipinski definition) is 5. The van der Waals surface area contributed by atoms with Crippen LogP contribution in [0.2, 0.25) is 0 Å². The van der Waals surface area contributed by atoms with Crippen molar-refractivity contribution in [3.8, 4) is 11.5 Å². The van der Waals surface area contributed by atoms with Crippen molar-refractivity contribution in [3.63, 3.8) is 0 Å². The molecule has 1 fully saturated rings. The fourth-order valence-electron chi connectivity index (χ4n) is 4.75. The van der Waals surface area contributed by atoms with Crippen LogP contribution in [0.4, 0.5) is 5.69 Å². The van der Waals surface area contributed by atoms with E-state index in [-0.39, 0.29) is 17.1 Å². The summed E-state index contributed by atoms with van der Waals surface area (Å²) < 4.78 is 5.67. The van der Waals surface area contributed by atoms with E-state index in [9.17, 15) is 19.8 Å². The van der Waals surface area contributed by atoms with E-state index in [4.69, 9.17) is 4.74 Å². The third-order valence-electron chi connectivity index (χ3n) is 6.67. The molecule has 0 saturated carbocycles. The van der Waals surface area contributed by atoms with Crippen molar-refractivity contribution in [1.82, 2.24) is 0 Å². The molecular formula is C29H27NO5. The number of aryl methyl sites for hydroxylation is 1. The normalized spacial score (nSPS) is 19.1. The number of Topliss-reactive ketones (excluding diaryl/α,β-unsaturated/α-hetero) is 1. The number of rotatable bonds is 4. The zero-order valence-corrected chi connectivity index (χ0v) is 19.7. The molecule has 178 valence electrons. The summed E-state index contributed by atoms with van der Waals surface area (Å²) in [5.41, 5.74) is 3.73. The topological polar surface area (TPSA) is 87.1 Å². The van der Waals surface area contributed by atoms with Gasteiger partial charge in [0.15, 0.2) is 0 Å². The molecule has 0 bridgehead atoms. The molecule has 6 heteroatoms. The Kier molecular flexibility index (Phi) is 5.81. The Balaban J connectivity index is 1.66. The number of aliphatic hydroxyl groups excluding tert-OH is 1. The number of ether oxygens (including phenoxy) is 1. The highest BCUT2D eigenvalue weighted by Crippen LogP contribution is 2.43. The zero-order chi connectivity index (χ0) is 24.7. The lowest BCUT2D eigenvalue weighted by Crippen LogP contribution is -2.29. The van der Waals surface area contributed by atoms with Crippen molar-refractivity contribution in [2.75, 3.05) is 11.5 Å². The van der Waals surface area contributed by atoms with Gasteiger partial charge in [-0.1, -0.05) is 38.1 Å². The molecule has 2 aliphatic heterocycles. The smallest absolute Gasteiger partial charge is 0.300 e. The number of carbonyl (C=O) groups is 2. The minimum absolute atomic E-state index is 0.0188. The summed E-state index contributed by atoms with van der Waals surface area (Å²) in [4.78, 5) is 28.1. The summed E-state index contributed by atoms with van der Waals surface area (Å²) in [7, 11) is 0. The number of phenolic OH excluding ortho intramolecular Hbond substituents is 1. The van der Waals surface area contributed by atoms with Crippen molar-refractivity contribution in [3.05, 3.63) is 94.6 Å². The Bertz CT molecular complexity index is 1320. The van der Waals surface area contributed by atoms with Crippen LogP contribution in [-0.2, 0) is 16.0 Å². The molecule has 2 aliphatic rings. The molecule has 5 rings (SSSR count). The molecule has 0 spiro atoms. The van der Waals surface area contributed by atoms with Gasteiger partial charge in [0.2, 0.25) is 0 Å². The Morgan fingerprint density at radius 2 is 1.71 bits per heavy atom. The average molecular weight is 470 g/mol. The van der Waals surface area contributed by atoms with Gasteiger partial charge >= 0.3 is 0 Å². The lowest BCUT2D eigenvalue weighted by Gasteiger charge is -2.26. The number of fused-ring (bicyclic) bond motifs is 1. The van der Waals surface area contributed by atoms with Crippen LogP contribution in [0.25, 0.3) is 5.76 Å². The van der Waals surface area contributed by atoms with Crippen molar-refractivity contribution in [2.45, 2.75) is 38.6 Å². The third kappa shape index (κ3) is 4.05. The molecule has 3 aromatic rings. The first-order valence-corrected chi connectivity index (χ1v) is 11.8. The van der Waals surface area contributed by atoms with Crippen molar-refractivity contribution < 1.29 is 24.5 Å². The summed E-state index contributed by atoms with van der Waals surface area (Å²) in [5.74, 6) is -0.516. The van der Waals surface area contributed by atoms with E-state index in [2.05, 4.69) is 13.8 Å². The van der Waals surface area contributed by atoms with E-state index in [0.717, 1.165) is 29.7 Å². The number of phenols is 1. The number of aliphatic hydroxyl groups is 1. The number of carbonyl (C=O) groups excluding carboxylic acids is 2. The number of nitrogens with zero attached hydrogens (tertiary/aromatic N) is 1. The number of anilines is 1. The van der Waals surface area contributed by atoms with Gasteiger partial charge in [-0.25, -0.2) is 0 Å². The van der Waals surface area contributed by atoms with Crippen molar-refractivity contribution in [2.24, 2.45) is 0 Å². The minimum atomic E-state index is -0.840. The number of ketones is 1. The van der Waals surface area contributed by atoms with Crippen LogP contribution in [0.15, 0.2) is 72.3 Å². The van der Waals surface area contributed by atoms with Crippen LogP contribution in [0.1, 0.15) is 54.5 Å². The van der Waals surface area contributed by atoms with Crippen molar-refractivity contribution >= 4 is 23.1 Å². The van der Waals surface area contributed by atoms with Gasteiger partial charge in [-0.15, -0.1) is 0 Å². The summed E-state index contributed by atoms with van der Waals surface area (Å²) in [5, 5.41) is 21.2. The maximum Gasteiger partial charge on any atom is 0.300 e. The maximum atomic E-state index is 13.3. The second-order valence-corrected chi connectivity index (χ2v) is 9.28. The molecular weight excluding hydrogens is 442 g/mol. The van der Waals surface area contributed by atoms with Gasteiger partial charge in [-0.3, -0.25) is 14.5 Å². The van der Waals surface area contributed by atoms with E-state index < -0.39 is 17.7 Å². The van der Waals surface area contributed by atoms with Gasteiger partial charge < -0.3 is 14.9 Å². The highest BCUT2D eigenvalue weighted by atomic mass is 16.5. The second kappa shape index (κ2) is 8.95. The van der Waals surface area contributed by atoms with Gasteiger partial charge in [0.25, 0.3) is 11.7 Å². The van der Waals surface area contributed by atoms with Crippen LogP contribution >= 0.6 is 0 Å². The molecule has 1 saturated heterocycles. The average Bonchev–Trinajstić information content (AvgIpc) is 3.14. The highest BCUT2D eigenvalue weighted by molar-refractivity contribution is 6.51. The predicted octanol–water partition coefficient (Wildman–Crippen LogP) is 5.47. The fraction of sp³-hybridized carbons (Fsp3) is 0.241. The van der Waals surface area contributed by atoms with E-state index in [1.54, 1.807) is 24.3 Å². The van der Waals surface area contributed by atoms with Crippen LogP contribution in [0.5, 0.6) is 11.5 Å². The Labute approximate surface area is 204 Å². The standard InChI is InChI=1S/C29H27NO5/c1-17(2)18-5-10-22(11-6-18)30-26(19-7-12-23(31)13-8-19)25(28(33)29(30)34)27(32)21-9-14-24-20(16-21)4-3-15-35-24/h5-14,16-17,26,31-32H,3-4,15H2,1-2H3/b27-25-. The number of amides is 1. The molecule has 1 unspecified atom stereocenters. The largest absolute Gasteiger partial charge is 0.508 e. The van der Waals surface area contributed by atoms with Crippen LogP contribution in [-0.4, -0.2) is 28.5 Å². The maximum absolute atomic E-state index is 13.3. The zero-order valence-electron chi connectivity index (χ0n) is 19.7. The first-order valence-electron chi connectivity index (χ1n) is 11.8. The van der Waals surface area contributed by atoms with Crippen LogP contribution < -0.4 is 9.64 Å². The SMILES string of the molecule is CC(C)c1ccc(N2C(=O)C(=O)/C(=C(\O)c3ccc4c(c3)CCCO4)C2c2ccc(O)cc2)cc1. The van der Waals surface area contributed by atoms with E-state index in [1.165, 1.54) is 17.0 Å². The summed E-state index contributed by atoms with van der Waals surface area (Å²) in [6.07, 6.45) is 1.69. The van der Waals surface area contributed by atoms with Gasteiger partial charge in [0.1, 0.15) is 17.3 Å². The third-order valence-corrected chi connectivity index (χ3v) is 6.67. The summed E-state index contributed by atoms with van der Waals surface area (Å²) >= 11 is 0. The van der Waals surface area contributed by atoms with Crippen LogP contribution in [0.3, 0.4) is 0 Å². The minimum Gasteiger partial charge on any atom is -0.508 e. The highest BCUT2D eigenvalue weighted by Gasteiger charge is 2.47. The summed E-state index contributed by atoms with van der Waals surface area (Å²) in [6, 6.07) is 18.3. The molecule has 0 radical (unpaired) electrons. The fourth-order valence-corrected chi connectivity index (χ4v) is 4.75. The lowest BCUT2D eigenvalue weighted by molar-refractivity contribution is -0.132. The lowest BCUT2D eigenvalue weighted by atomic mass is 9.93. The van der Waals surface area contributed by atoms with E-state index in [1.807, 2.05) is 30.3 Å². The van der Waals surface area contributed by atoms with Gasteiger partial charge in [-0.2, -0.15) is 0 Å². The monoisotopic (exact) mass is 469 g/mol. The van der Waals surface area contributed by atoms with Gasteiger partial charge in [0.05, 0.1) is 18.2 Å². The van der Waals surface area contributed by atoms with Crippen LogP contribution in [0, 0.1) is 0 Å². The quantitative estimate of drug-likeness (QED) is 0.301. The molecule has 1 atom stereocenters. The number of benzene rings is 3. The second-order valence-electron chi connectivity index (χ2n) is 9.28. The molecule has 2 N–H and O–H groups in total. The molecule has 35 heavy (non-hydrogen) atoms. The number of aromatic hydroxyl groups is 1. The first kappa shape index (κ1) is 22.7. The molecule has 3 aromatic carbocycles. The van der Waals surface area contributed by atoms with Gasteiger partial charge in [0, 0.05) is 11.3 Å². The summed E-state index contributed by atoms with van der Waals surface area (Å²) in [6.45, 7) is 4.82. The Morgan fingerprint density at radius 3 is 2.40 bits per heavy atom. The van der Waals surface area contributed by atoms with E-state index in [0.29, 0.717) is 29.3 Å². The van der Waals surface area contributed by atoms with Gasteiger partial charge in [-0.05, 0) is 77.9 Å². The molecule has 0 aromatic heterocycles. The Hall–Kier alpha value is -4.06. The molecule has 6 nitrogen and oxygen atoms in total. The first-order chi connectivity index (χ1) is 16.8. The number of hydrogen-bond donors (Lipinski definition) is 2. The van der Waals surface area contributed by atoms with Crippen molar-refractivity contribution in [1.29, 1.82) is 0 Å². The molecule has 1 amide bonds. The Morgan fingerprint density at radius 1 is 1.00 bits per heavy atom.